The van der Waals surface area contributed by atoms with E-state index in [-0.39, 0.29) is 17.8 Å². The zero-order valence-electron chi connectivity index (χ0n) is 12.4. The van der Waals surface area contributed by atoms with Gasteiger partial charge in [-0.25, -0.2) is 0 Å². The first-order valence-electron chi connectivity index (χ1n) is 7.57. The van der Waals surface area contributed by atoms with Crippen LogP contribution in [0, 0.1) is 0 Å². The van der Waals surface area contributed by atoms with Crippen molar-refractivity contribution in [1.82, 2.24) is 24.7 Å². The molecule has 0 saturated heterocycles. The number of nitrogen functional groups attached to an aromatic ring is 1. The Morgan fingerprint density at radius 2 is 2.13 bits per heavy atom. The van der Waals surface area contributed by atoms with Crippen LogP contribution in [0.1, 0.15) is 34.8 Å². The number of fused-ring (bicyclic) bond motifs is 1. The van der Waals surface area contributed by atoms with Gasteiger partial charge in [0.15, 0.2) is 5.82 Å². The van der Waals surface area contributed by atoms with Crippen molar-refractivity contribution in [3.8, 4) is 11.4 Å². The van der Waals surface area contributed by atoms with Crippen LogP contribution in [0.3, 0.4) is 0 Å². The number of H-pyrrole nitrogens is 1. The smallest absolute Gasteiger partial charge is 0.257 e. The molecule has 1 unspecified atom stereocenters. The maximum atomic E-state index is 12.9. The molecule has 4 rings (SSSR count). The number of nitrogens with one attached hydrogen (secondary N) is 1. The minimum Gasteiger partial charge on any atom is -0.368 e. The number of nitrogens with zero attached hydrogens (tertiary/aromatic N) is 4. The lowest BCUT2D eigenvalue weighted by atomic mass is 9.86. The molecule has 0 radical (unpaired) electrons. The van der Waals surface area contributed by atoms with Crippen LogP contribution in [0.2, 0.25) is 0 Å². The van der Waals surface area contributed by atoms with Crippen molar-refractivity contribution < 1.29 is 4.79 Å². The van der Waals surface area contributed by atoms with Gasteiger partial charge in [0, 0.05) is 29.8 Å². The first-order chi connectivity index (χ1) is 11.2. The van der Waals surface area contributed by atoms with E-state index >= 15 is 0 Å². The average Bonchev–Trinajstić information content (AvgIpc) is 3.21. The van der Waals surface area contributed by atoms with Gasteiger partial charge < -0.3 is 10.7 Å². The topological polar surface area (TPSA) is 102 Å². The van der Waals surface area contributed by atoms with Gasteiger partial charge in [0.2, 0.25) is 5.95 Å². The van der Waals surface area contributed by atoms with Crippen molar-refractivity contribution in [2.24, 2.45) is 0 Å². The minimum atomic E-state index is -0.223. The molecule has 3 N–H and O–H groups in total. The van der Waals surface area contributed by atoms with Crippen molar-refractivity contribution >= 4 is 11.9 Å². The van der Waals surface area contributed by atoms with Crippen molar-refractivity contribution in [3.63, 3.8) is 0 Å². The van der Waals surface area contributed by atoms with Gasteiger partial charge in [0.1, 0.15) is 0 Å². The molecule has 0 aromatic carbocycles. The minimum absolute atomic E-state index is 0.115. The number of anilines is 1. The van der Waals surface area contributed by atoms with Crippen LogP contribution in [0.4, 0.5) is 5.95 Å². The standard InChI is InChI=1S/C16H16N6O/c17-16-20-14(10-4-7-18-8-5-10)21-22(16)15(23)12-2-1-3-13-11(12)6-9-19-13/h4-9,12,19H,1-3H2,(H2,17,20,21). The van der Waals surface area contributed by atoms with E-state index in [9.17, 15) is 4.79 Å². The number of aryl methyl sites for hydroxylation is 1. The van der Waals surface area contributed by atoms with Gasteiger partial charge in [-0.15, -0.1) is 5.10 Å². The highest BCUT2D eigenvalue weighted by Crippen LogP contribution is 2.32. The Morgan fingerprint density at radius 1 is 1.30 bits per heavy atom. The van der Waals surface area contributed by atoms with Crippen molar-refractivity contribution in [3.05, 3.63) is 48.0 Å². The van der Waals surface area contributed by atoms with Gasteiger partial charge in [0.25, 0.3) is 5.91 Å². The average molecular weight is 308 g/mol. The zero-order valence-corrected chi connectivity index (χ0v) is 12.4. The Hall–Kier alpha value is -2.96. The fourth-order valence-electron chi connectivity index (χ4n) is 3.11. The van der Waals surface area contributed by atoms with E-state index in [2.05, 4.69) is 20.1 Å². The Kier molecular flexibility index (Phi) is 3.18. The van der Waals surface area contributed by atoms with Crippen molar-refractivity contribution in [2.45, 2.75) is 25.2 Å². The number of carbonyl (C=O) groups is 1. The molecule has 7 heteroatoms. The summed E-state index contributed by atoms with van der Waals surface area (Å²) in [4.78, 5) is 24.3. The summed E-state index contributed by atoms with van der Waals surface area (Å²) in [5, 5.41) is 4.31. The predicted octanol–water partition coefficient (Wildman–Crippen LogP) is 2.01. The summed E-state index contributed by atoms with van der Waals surface area (Å²) in [6.07, 6.45) is 7.93. The molecular formula is C16H16N6O. The van der Waals surface area contributed by atoms with Gasteiger partial charge in [-0.1, -0.05) is 0 Å². The summed E-state index contributed by atoms with van der Waals surface area (Å²) < 4.78 is 1.22. The van der Waals surface area contributed by atoms with E-state index in [0.717, 1.165) is 36.1 Å². The first-order valence-corrected chi connectivity index (χ1v) is 7.57. The second kappa shape index (κ2) is 5.35. The molecule has 0 fully saturated rings. The molecule has 1 aliphatic carbocycles. The Balaban J connectivity index is 1.70. The summed E-state index contributed by atoms with van der Waals surface area (Å²) in [5.41, 5.74) is 8.88. The largest absolute Gasteiger partial charge is 0.368 e. The molecule has 0 spiro atoms. The quantitative estimate of drug-likeness (QED) is 0.754. The number of carbonyl (C=O) groups excluding carboxylic acids is 1. The molecule has 23 heavy (non-hydrogen) atoms. The molecule has 3 aromatic rings. The molecule has 3 heterocycles. The second-order valence-corrected chi connectivity index (χ2v) is 5.64. The summed E-state index contributed by atoms with van der Waals surface area (Å²) in [6, 6.07) is 5.54. The summed E-state index contributed by atoms with van der Waals surface area (Å²) >= 11 is 0. The molecule has 0 aliphatic heterocycles. The van der Waals surface area contributed by atoms with Gasteiger partial charge in [-0.3, -0.25) is 9.78 Å². The van der Waals surface area contributed by atoms with Crippen LogP contribution in [-0.2, 0) is 6.42 Å². The third kappa shape index (κ3) is 2.30. The second-order valence-electron chi connectivity index (χ2n) is 5.64. The SMILES string of the molecule is Nc1nc(-c2ccncc2)nn1C(=O)C1CCCc2[nH]ccc21. The number of rotatable bonds is 2. The van der Waals surface area contributed by atoms with Crippen LogP contribution in [0.25, 0.3) is 11.4 Å². The summed E-state index contributed by atoms with van der Waals surface area (Å²) in [7, 11) is 0. The molecule has 3 aromatic heterocycles. The highest BCUT2D eigenvalue weighted by atomic mass is 16.2. The fourth-order valence-corrected chi connectivity index (χ4v) is 3.11. The summed E-state index contributed by atoms with van der Waals surface area (Å²) in [6.45, 7) is 0. The van der Waals surface area contributed by atoms with E-state index in [1.807, 2.05) is 12.3 Å². The number of aromatic amines is 1. The molecule has 0 bridgehead atoms. The van der Waals surface area contributed by atoms with E-state index in [4.69, 9.17) is 5.73 Å². The van der Waals surface area contributed by atoms with Crippen molar-refractivity contribution in [1.29, 1.82) is 0 Å². The normalized spacial score (nSPS) is 17.0. The number of nitrogens with two attached hydrogens (primary N) is 1. The number of pyridine rings is 1. The predicted molar refractivity (Wildman–Crippen MR) is 84.8 cm³/mol. The Labute approximate surface area is 132 Å². The molecule has 1 atom stereocenters. The van der Waals surface area contributed by atoms with Gasteiger partial charge in [-0.05, 0) is 43.0 Å². The molecule has 1 aliphatic rings. The van der Waals surface area contributed by atoms with Crippen LogP contribution in [0.15, 0.2) is 36.8 Å². The lowest BCUT2D eigenvalue weighted by Gasteiger charge is -2.21. The Bertz CT molecular complexity index is 851. The highest BCUT2D eigenvalue weighted by Gasteiger charge is 2.30. The van der Waals surface area contributed by atoms with E-state index in [1.165, 1.54) is 4.68 Å². The third-order valence-electron chi connectivity index (χ3n) is 4.24. The molecule has 0 saturated carbocycles. The molecule has 7 nitrogen and oxygen atoms in total. The van der Waals surface area contributed by atoms with E-state index < -0.39 is 0 Å². The lowest BCUT2D eigenvalue weighted by molar-refractivity contribution is 0.0855. The summed E-state index contributed by atoms with van der Waals surface area (Å²) in [5.74, 6) is 0.197. The van der Waals surface area contributed by atoms with Crippen LogP contribution in [0.5, 0.6) is 0 Å². The monoisotopic (exact) mass is 308 g/mol. The number of hydrogen-bond donors (Lipinski definition) is 2. The fraction of sp³-hybridized carbons (Fsp3) is 0.250. The van der Waals surface area contributed by atoms with E-state index in [0.29, 0.717) is 5.82 Å². The van der Waals surface area contributed by atoms with E-state index in [1.54, 1.807) is 24.5 Å². The first kappa shape index (κ1) is 13.7. The van der Waals surface area contributed by atoms with Gasteiger partial charge in [0.05, 0.1) is 5.92 Å². The zero-order chi connectivity index (χ0) is 15.8. The maximum Gasteiger partial charge on any atom is 0.257 e. The van der Waals surface area contributed by atoms with Gasteiger partial charge in [-0.2, -0.15) is 9.67 Å². The van der Waals surface area contributed by atoms with Crippen LogP contribution < -0.4 is 5.73 Å². The molecule has 116 valence electrons. The lowest BCUT2D eigenvalue weighted by Crippen LogP contribution is -2.25. The van der Waals surface area contributed by atoms with Crippen molar-refractivity contribution in [2.75, 3.05) is 5.73 Å². The Morgan fingerprint density at radius 3 is 2.96 bits per heavy atom. The number of hydrogen-bond acceptors (Lipinski definition) is 5. The molecule has 0 amide bonds. The van der Waals surface area contributed by atoms with Gasteiger partial charge >= 0.3 is 0 Å². The maximum absolute atomic E-state index is 12.9. The van der Waals surface area contributed by atoms with Crippen LogP contribution >= 0.6 is 0 Å². The number of aromatic nitrogens is 5. The third-order valence-corrected chi connectivity index (χ3v) is 4.24. The van der Waals surface area contributed by atoms with Crippen LogP contribution in [-0.4, -0.2) is 30.6 Å². The molecular weight excluding hydrogens is 292 g/mol. The highest BCUT2D eigenvalue weighted by molar-refractivity contribution is 5.88.